The van der Waals surface area contributed by atoms with Gasteiger partial charge in [0.1, 0.15) is 22.8 Å². The average Bonchev–Trinajstić information content (AvgIpc) is 2.50. The summed E-state index contributed by atoms with van der Waals surface area (Å²) in [6.07, 6.45) is 0.366. The number of hydrogen-bond acceptors (Lipinski definition) is 5. The summed E-state index contributed by atoms with van der Waals surface area (Å²) >= 11 is 0. The van der Waals surface area contributed by atoms with Crippen molar-refractivity contribution in [3.63, 3.8) is 0 Å². The molecular weight excluding hydrogens is 308 g/mol. The van der Waals surface area contributed by atoms with Gasteiger partial charge in [-0.05, 0) is 55.2 Å². The van der Waals surface area contributed by atoms with Gasteiger partial charge in [-0.25, -0.2) is 0 Å². The van der Waals surface area contributed by atoms with Crippen LogP contribution in [-0.4, -0.2) is 28.2 Å². The maximum absolute atomic E-state index is 11.7. The lowest BCUT2D eigenvalue weighted by Gasteiger charge is -2.14. The van der Waals surface area contributed by atoms with Gasteiger partial charge in [-0.1, -0.05) is 6.07 Å². The van der Waals surface area contributed by atoms with Gasteiger partial charge in [0.2, 0.25) is 0 Å². The van der Waals surface area contributed by atoms with E-state index in [0.717, 1.165) is 5.56 Å². The molecule has 24 heavy (non-hydrogen) atoms. The van der Waals surface area contributed by atoms with Crippen LogP contribution in [0.25, 0.3) is 0 Å². The number of ketones is 1. The van der Waals surface area contributed by atoms with Crippen molar-refractivity contribution in [2.24, 2.45) is 0 Å². The molecule has 0 aliphatic rings. The van der Waals surface area contributed by atoms with Crippen LogP contribution >= 0.6 is 0 Å². The van der Waals surface area contributed by atoms with E-state index in [-0.39, 0.29) is 29.4 Å². The molecule has 0 radical (unpaired) electrons. The van der Waals surface area contributed by atoms with E-state index in [0.29, 0.717) is 28.7 Å². The van der Waals surface area contributed by atoms with E-state index in [1.165, 1.54) is 6.92 Å². The molecule has 0 saturated heterocycles. The minimum atomic E-state index is -0.392. The molecule has 0 amide bonds. The second-order valence-corrected chi connectivity index (χ2v) is 6.01. The van der Waals surface area contributed by atoms with Gasteiger partial charge in [-0.3, -0.25) is 4.79 Å². The first-order valence-corrected chi connectivity index (χ1v) is 7.61. The Bertz CT molecular complexity index is 793. The minimum absolute atomic E-state index is 0.0578. The zero-order chi connectivity index (χ0) is 18.0. The van der Waals surface area contributed by atoms with Crippen LogP contribution < -0.4 is 0 Å². The Morgan fingerprint density at radius 3 is 2.17 bits per heavy atom. The van der Waals surface area contributed by atoms with Crippen molar-refractivity contribution in [3.8, 4) is 17.2 Å². The molecule has 0 aliphatic carbocycles. The van der Waals surface area contributed by atoms with E-state index in [1.54, 1.807) is 33.1 Å². The number of Topliss-reactive ketones (excluding diaryl/α,β-unsaturated/α-hetero) is 1. The maximum Gasteiger partial charge on any atom is 0.167 e. The number of hydrogen-bond donors (Lipinski definition) is 3. The smallest absolute Gasteiger partial charge is 0.167 e. The number of rotatable bonds is 5. The first kappa shape index (κ1) is 17.8. The van der Waals surface area contributed by atoms with Crippen molar-refractivity contribution in [2.45, 2.75) is 33.8 Å². The topological polar surface area (TPSA) is 87.0 Å². The number of ether oxygens (including phenoxy) is 1. The summed E-state index contributed by atoms with van der Waals surface area (Å²) in [5.41, 5.74) is 3.25. The molecular formula is C19H22O5. The molecule has 0 spiro atoms. The molecule has 0 atom stereocenters. The Labute approximate surface area is 141 Å². The molecule has 2 aromatic rings. The van der Waals surface area contributed by atoms with Gasteiger partial charge in [-0.2, -0.15) is 0 Å². The van der Waals surface area contributed by atoms with Crippen LogP contribution in [0, 0.1) is 13.8 Å². The fourth-order valence-electron chi connectivity index (χ4n) is 2.86. The number of aromatic hydroxyl groups is 3. The van der Waals surface area contributed by atoms with Crippen molar-refractivity contribution in [3.05, 3.63) is 51.6 Å². The van der Waals surface area contributed by atoms with Gasteiger partial charge in [0.25, 0.3) is 0 Å². The van der Waals surface area contributed by atoms with Crippen LogP contribution in [0.2, 0.25) is 0 Å². The van der Waals surface area contributed by atoms with Crippen LogP contribution in [0.4, 0.5) is 0 Å². The van der Waals surface area contributed by atoms with Gasteiger partial charge in [0.05, 0.1) is 6.61 Å². The Hall–Kier alpha value is -2.53. The Morgan fingerprint density at radius 1 is 0.958 bits per heavy atom. The predicted octanol–water partition coefficient (Wildman–Crippen LogP) is 3.36. The third-order valence-corrected chi connectivity index (χ3v) is 4.03. The van der Waals surface area contributed by atoms with Crippen molar-refractivity contribution in [1.82, 2.24) is 0 Å². The van der Waals surface area contributed by atoms with Crippen LogP contribution in [-0.2, 0) is 17.8 Å². The fraction of sp³-hybridized carbons (Fsp3) is 0.316. The van der Waals surface area contributed by atoms with E-state index in [9.17, 15) is 20.1 Å². The molecule has 3 N–H and O–H groups in total. The molecule has 128 valence electrons. The van der Waals surface area contributed by atoms with E-state index in [2.05, 4.69) is 0 Å². The second kappa shape index (κ2) is 6.93. The van der Waals surface area contributed by atoms with Gasteiger partial charge >= 0.3 is 0 Å². The monoisotopic (exact) mass is 330 g/mol. The number of aryl methyl sites for hydroxylation is 2. The van der Waals surface area contributed by atoms with Gasteiger partial charge in [0.15, 0.2) is 5.78 Å². The maximum atomic E-state index is 11.7. The van der Waals surface area contributed by atoms with Crippen LogP contribution in [0.15, 0.2) is 18.2 Å². The first-order chi connectivity index (χ1) is 11.3. The van der Waals surface area contributed by atoms with E-state index in [4.69, 9.17) is 4.74 Å². The van der Waals surface area contributed by atoms with E-state index in [1.807, 2.05) is 6.07 Å². The quantitative estimate of drug-likeness (QED) is 0.732. The Kier molecular flexibility index (Phi) is 5.14. The fourth-order valence-corrected chi connectivity index (χ4v) is 2.86. The second-order valence-electron chi connectivity index (χ2n) is 6.01. The summed E-state index contributed by atoms with van der Waals surface area (Å²) in [5.74, 6) is -0.594. The molecule has 2 aromatic carbocycles. The van der Waals surface area contributed by atoms with Crippen LogP contribution in [0.5, 0.6) is 17.2 Å². The lowest BCUT2D eigenvalue weighted by molar-refractivity contribution is 0.101. The largest absolute Gasteiger partial charge is 0.507 e. The molecule has 0 aromatic heterocycles. The third-order valence-electron chi connectivity index (χ3n) is 4.03. The molecule has 0 bridgehead atoms. The van der Waals surface area contributed by atoms with E-state index >= 15 is 0 Å². The Morgan fingerprint density at radius 2 is 1.58 bits per heavy atom. The summed E-state index contributed by atoms with van der Waals surface area (Å²) in [6.45, 7) is 5.06. The highest BCUT2D eigenvalue weighted by molar-refractivity contribution is 6.00. The molecule has 0 fully saturated rings. The first-order valence-electron chi connectivity index (χ1n) is 7.61. The number of phenols is 3. The molecule has 5 heteroatoms. The lowest BCUT2D eigenvalue weighted by Crippen LogP contribution is -2.01. The van der Waals surface area contributed by atoms with Crippen molar-refractivity contribution < 1.29 is 24.9 Å². The minimum Gasteiger partial charge on any atom is -0.507 e. The number of benzene rings is 2. The standard InChI is InChI=1S/C19H22O5/c1-10-5-13(8-15(9-24-4)17(10)21)7-14-6-11(2)18(22)16(12(3)20)19(14)23/h5-6,8,21-23H,7,9H2,1-4H3. The zero-order valence-electron chi connectivity index (χ0n) is 14.3. The predicted molar refractivity (Wildman–Crippen MR) is 90.9 cm³/mol. The molecule has 0 unspecified atom stereocenters. The highest BCUT2D eigenvalue weighted by Crippen LogP contribution is 2.36. The van der Waals surface area contributed by atoms with Crippen LogP contribution in [0.1, 0.15) is 45.1 Å². The normalized spacial score (nSPS) is 10.8. The van der Waals surface area contributed by atoms with Crippen molar-refractivity contribution >= 4 is 5.78 Å². The number of carbonyl (C=O) groups is 1. The zero-order valence-corrected chi connectivity index (χ0v) is 14.3. The summed E-state index contributed by atoms with van der Waals surface area (Å²) < 4.78 is 5.09. The molecule has 0 heterocycles. The van der Waals surface area contributed by atoms with Crippen LogP contribution in [0.3, 0.4) is 0 Å². The third kappa shape index (κ3) is 3.36. The van der Waals surface area contributed by atoms with Gasteiger partial charge < -0.3 is 20.1 Å². The number of methoxy groups -OCH3 is 1. The summed E-state index contributed by atoms with van der Waals surface area (Å²) in [4.78, 5) is 11.7. The van der Waals surface area contributed by atoms with Gasteiger partial charge in [-0.15, -0.1) is 0 Å². The Balaban J connectivity index is 2.51. The van der Waals surface area contributed by atoms with Crippen molar-refractivity contribution in [1.29, 1.82) is 0 Å². The SMILES string of the molecule is COCc1cc(Cc2cc(C)c(O)c(C(C)=O)c2O)cc(C)c1O. The summed E-state index contributed by atoms with van der Waals surface area (Å²) in [6, 6.07) is 5.29. The summed E-state index contributed by atoms with van der Waals surface area (Å²) in [5, 5.41) is 30.4. The average molecular weight is 330 g/mol. The highest BCUT2D eigenvalue weighted by atomic mass is 16.5. The highest BCUT2D eigenvalue weighted by Gasteiger charge is 2.19. The molecule has 2 rings (SSSR count). The molecule has 5 nitrogen and oxygen atoms in total. The molecule has 0 saturated carbocycles. The van der Waals surface area contributed by atoms with Crippen molar-refractivity contribution in [2.75, 3.05) is 7.11 Å². The lowest BCUT2D eigenvalue weighted by atomic mass is 9.94. The van der Waals surface area contributed by atoms with E-state index < -0.39 is 5.78 Å². The molecule has 0 aliphatic heterocycles. The summed E-state index contributed by atoms with van der Waals surface area (Å²) in [7, 11) is 1.55. The number of phenolic OH excluding ortho intramolecular Hbond substituents is 3. The number of carbonyl (C=O) groups excluding carboxylic acids is 1. The van der Waals surface area contributed by atoms with Gasteiger partial charge in [0, 0.05) is 19.1 Å².